The van der Waals surface area contributed by atoms with E-state index in [2.05, 4.69) is 28.9 Å². The number of hydrogen-bond acceptors (Lipinski definition) is 3. The first kappa shape index (κ1) is 13.3. The lowest BCUT2D eigenvalue weighted by Gasteiger charge is -2.20. The van der Waals surface area contributed by atoms with Crippen LogP contribution in [-0.2, 0) is 13.0 Å². The summed E-state index contributed by atoms with van der Waals surface area (Å²) in [6.45, 7) is 2.85. The average molecular weight is 261 g/mol. The molecule has 3 heteroatoms. The quantitative estimate of drug-likeness (QED) is 0.838. The van der Waals surface area contributed by atoms with Gasteiger partial charge in [0.1, 0.15) is 0 Å². The topological polar surface area (TPSA) is 32.3 Å². The largest absolute Gasteiger partial charge is 0.391 e. The van der Waals surface area contributed by atoms with E-state index in [0.717, 1.165) is 6.54 Å². The predicted octanol–water partition coefficient (Wildman–Crippen LogP) is 2.83. The average Bonchev–Trinajstić information content (AvgIpc) is 2.90. The smallest absolute Gasteiger partial charge is 0.0730 e. The number of rotatable bonds is 6. The van der Waals surface area contributed by atoms with Gasteiger partial charge in [-0.05, 0) is 30.4 Å². The fraction of sp³-hybridized carbons (Fsp3) is 0.333. The zero-order valence-corrected chi connectivity index (χ0v) is 11.4. The number of aliphatic hydroxyl groups excluding tert-OH is 1. The van der Waals surface area contributed by atoms with Crippen LogP contribution in [0.1, 0.15) is 17.4 Å². The number of nitrogens with one attached hydrogen (secondary N) is 1. The Bertz CT molecular complexity index is 441. The summed E-state index contributed by atoms with van der Waals surface area (Å²) in [6, 6.07) is 14.4. The molecule has 2 nitrogen and oxygen atoms in total. The summed E-state index contributed by atoms with van der Waals surface area (Å²) in [5, 5.41) is 15.6. The minimum atomic E-state index is -0.354. The second kappa shape index (κ2) is 6.69. The number of aliphatic hydroxyl groups is 1. The zero-order chi connectivity index (χ0) is 12.8. The van der Waals surface area contributed by atoms with Crippen molar-refractivity contribution >= 4 is 11.3 Å². The number of thiophene rings is 1. The molecule has 0 aliphatic rings. The van der Waals surface area contributed by atoms with Crippen LogP contribution in [0.5, 0.6) is 0 Å². The first-order valence-corrected chi connectivity index (χ1v) is 7.11. The zero-order valence-electron chi connectivity index (χ0n) is 10.5. The third kappa shape index (κ3) is 3.95. The molecule has 0 bridgehead atoms. The third-order valence-corrected chi connectivity index (χ3v) is 3.92. The van der Waals surface area contributed by atoms with Gasteiger partial charge in [-0.25, -0.2) is 0 Å². The Morgan fingerprint density at radius 1 is 1.17 bits per heavy atom. The normalized spacial score (nSPS) is 14.3. The molecule has 2 aromatic rings. The molecular weight excluding hydrogens is 242 g/mol. The van der Waals surface area contributed by atoms with Crippen LogP contribution in [0.3, 0.4) is 0 Å². The summed E-state index contributed by atoms with van der Waals surface area (Å²) in [7, 11) is 0. The van der Waals surface area contributed by atoms with Gasteiger partial charge in [-0.3, -0.25) is 0 Å². The van der Waals surface area contributed by atoms with Crippen molar-refractivity contribution in [3.8, 4) is 0 Å². The molecule has 96 valence electrons. The molecule has 1 heterocycles. The van der Waals surface area contributed by atoms with Crippen molar-refractivity contribution in [2.75, 3.05) is 0 Å². The Labute approximate surface area is 112 Å². The van der Waals surface area contributed by atoms with Crippen molar-refractivity contribution in [2.45, 2.75) is 32.0 Å². The molecule has 0 aliphatic carbocycles. The van der Waals surface area contributed by atoms with Gasteiger partial charge in [0.05, 0.1) is 6.10 Å². The summed E-state index contributed by atoms with van der Waals surface area (Å²) >= 11 is 1.74. The summed E-state index contributed by atoms with van der Waals surface area (Å²) in [5.74, 6) is 0. The molecular formula is C15H19NOS. The van der Waals surface area contributed by atoms with Gasteiger partial charge in [0.25, 0.3) is 0 Å². The fourth-order valence-electron chi connectivity index (χ4n) is 1.84. The van der Waals surface area contributed by atoms with Crippen molar-refractivity contribution in [1.29, 1.82) is 0 Å². The molecule has 2 rings (SSSR count). The van der Waals surface area contributed by atoms with Gasteiger partial charge in [-0.15, -0.1) is 11.3 Å². The van der Waals surface area contributed by atoms with Crippen LogP contribution in [0, 0.1) is 0 Å². The van der Waals surface area contributed by atoms with Crippen molar-refractivity contribution in [3.63, 3.8) is 0 Å². The molecule has 1 aromatic heterocycles. The van der Waals surface area contributed by atoms with Crippen molar-refractivity contribution in [2.24, 2.45) is 0 Å². The highest BCUT2D eigenvalue weighted by atomic mass is 32.1. The fourth-order valence-corrected chi connectivity index (χ4v) is 2.50. The number of hydrogen-bond donors (Lipinski definition) is 2. The highest BCUT2D eigenvalue weighted by Gasteiger charge is 2.14. The second-order valence-electron chi connectivity index (χ2n) is 4.51. The molecule has 2 unspecified atom stereocenters. The molecule has 0 saturated carbocycles. The van der Waals surface area contributed by atoms with Crippen LogP contribution in [0.15, 0.2) is 47.8 Å². The molecule has 0 spiro atoms. The van der Waals surface area contributed by atoms with Gasteiger partial charge in [-0.2, -0.15) is 0 Å². The number of benzene rings is 1. The lowest BCUT2D eigenvalue weighted by atomic mass is 10.0. The molecule has 0 saturated heterocycles. The molecule has 2 atom stereocenters. The standard InChI is InChI=1S/C15H19NOS/c1-12(16-11-14-8-5-9-18-14)15(17)10-13-6-3-2-4-7-13/h2-9,12,15-17H,10-11H2,1H3. The van der Waals surface area contributed by atoms with E-state index in [1.54, 1.807) is 11.3 Å². The third-order valence-electron chi connectivity index (χ3n) is 3.04. The van der Waals surface area contributed by atoms with Crippen LogP contribution >= 0.6 is 11.3 Å². The molecule has 0 aliphatic heterocycles. The first-order valence-electron chi connectivity index (χ1n) is 6.23. The summed E-state index contributed by atoms with van der Waals surface area (Å²) < 4.78 is 0. The second-order valence-corrected chi connectivity index (χ2v) is 5.54. The maximum absolute atomic E-state index is 10.1. The first-order chi connectivity index (χ1) is 8.75. The lowest BCUT2D eigenvalue weighted by molar-refractivity contribution is 0.134. The van der Waals surface area contributed by atoms with Gasteiger partial charge in [0.2, 0.25) is 0 Å². The van der Waals surface area contributed by atoms with Gasteiger partial charge in [-0.1, -0.05) is 36.4 Å². The predicted molar refractivity (Wildman–Crippen MR) is 76.8 cm³/mol. The van der Waals surface area contributed by atoms with E-state index in [1.807, 2.05) is 31.2 Å². The summed E-state index contributed by atoms with van der Waals surface area (Å²) in [6.07, 6.45) is 0.340. The van der Waals surface area contributed by atoms with Crippen LogP contribution in [-0.4, -0.2) is 17.3 Å². The monoisotopic (exact) mass is 261 g/mol. The Hall–Kier alpha value is -1.16. The van der Waals surface area contributed by atoms with Crippen LogP contribution in [0.4, 0.5) is 0 Å². The Morgan fingerprint density at radius 3 is 2.61 bits per heavy atom. The Kier molecular flexibility index (Phi) is 4.93. The highest BCUT2D eigenvalue weighted by Crippen LogP contribution is 2.10. The maximum Gasteiger partial charge on any atom is 0.0730 e. The van der Waals surface area contributed by atoms with E-state index in [9.17, 15) is 5.11 Å². The molecule has 18 heavy (non-hydrogen) atoms. The van der Waals surface area contributed by atoms with E-state index in [4.69, 9.17) is 0 Å². The van der Waals surface area contributed by atoms with E-state index < -0.39 is 0 Å². The van der Waals surface area contributed by atoms with Crippen molar-refractivity contribution in [1.82, 2.24) is 5.32 Å². The molecule has 0 radical (unpaired) electrons. The molecule has 0 fully saturated rings. The van der Waals surface area contributed by atoms with E-state index >= 15 is 0 Å². The van der Waals surface area contributed by atoms with Gasteiger partial charge in [0, 0.05) is 17.5 Å². The molecule has 2 N–H and O–H groups in total. The van der Waals surface area contributed by atoms with E-state index in [1.165, 1.54) is 10.4 Å². The minimum Gasteiger partial charge on any atom is -0.391 e. The Morgan fingerprint density at radius 2 is 1.94 bits per heavy atom. The highest BCUT2D eigenvalue weighted by molar-refractivity contribution is 7.09. The summed E-state index contributed by atoms with van der Waals surface area (Å²) in [4.78, 5) is 1.30. The molecule has 0 amide bonds. The SMILES string of the molecule is CC(NCc1cccs1)C(O)Cc1ccccc1. The van der Waals surface area contributed by atoms with Crippen molar-refractivity contribution in [3.05, 3.63) is 58.3 Å². The molecule has 1 aromatic carbocycles. The lowest BCUT2D eigenvalue weighted by Crippen LogP contribution is -2.38. The minimum absolute atomic E-state index is 0.0901. The van der Waals surface area contributed by atoms with Crippen LogP contribution < -0.4 is 5.32 Å². The van der Waals surface area contributed by atoms with Gasteiger partial charge in [0.15, 0.2) is 0 Å². The maximum atomic E-state index is 10.1. The van der Waals surface area contributed by atoms with Gasteiger partial charge >= 0.3 is 0 Å². The Balaban J connectivity index is 1.80. The van der Waals surface area contributed by atoms with Crippen molar-refractivity contribution < 1.29 is 5.11 Å². The summed E-state index contributed by atoms with van der Waals surface area (Å²) in [5.41, 5.74) is 1.18. The van der Waals surface area contributed by atoms with E-state index in [-0.39, 0.29) is 12.1 Å². The van der Waals surface area contributed by atoms with Crippen LogP contribution in [0.25, 0.3) is 0 Å². The van der Waals surface area contributed by atoms with Gasteiger partial charge < -0.3 is 10.4 Å². The van der Waals surface area contributed by atoms with E-state index in [0.29, 0.717) is 6.42 Å². The van der Waals surface area contributed by atoms with Crippen LogP contribution in [0.2, 0.25) is 0 Å².